The van der Waals surface area contributed by atoms with Crippen LogP contribution in [-0.2, 0) is 4.79 Å². The van der Waals surface area contributed by atoms with E-state index in [1.807, 2.05) is 19.9 Å². The topological polar surface area (TPSA) is 68.0 Å². The van der Waals surface area contributed by atoms with Crippen LogP contribution in [0, 0.1) is 19.8 Å². The summed E-state index contributed by atoms with van der Waals surface area (Å²) in [5.74, 6) is 0.635. The molecule has 0 spiro atoms. The van der Waals surface area contributed by atoms with E-state index in [1.54, 1.807) is 6.08 Å². The number of nitrogens with two attached hydrogens (primary N) is 1. The van der Waals surface area contributed by atoms with Crippen LogP contribution in [-0.4, -0.2) is 16.9 Å². The zero-order chi connectivity index (χ0) is 21.4. The predicted octanol–water partition coefficient (Wildman–Crippen LogP) is 5.72. The van der Waals surface area contributed by atoms with Crippen molar-refractivity contribution in [3.63, 3.8) is 0 Å². The number of aryl methyl sites for hydroxylation is 2. The maximum absolute atomic E-state index is 12.0. The van der Waals surface area contributed by atoms with E-state index in [2.05, 4.69) is 55.0 Å². The molecule has 2 rings (SSSR count). The minimum Gasteiger partial charge on any atom is -0.398 e. The fourth-order valence-electron chi connectivity index (χ4n) is 3.55. The summed E-state index contributed by atoms with van der Waals surface area (Å²) in [6.45, 7) is 12.1. The minimum absolute atomic E-state index is 0.0815. The number of nitrogens with one attached hydrogen (secondary N) is 1. The predicted molar refractivity (Wildman–Crippen MR) is 125 cm³/mol. The Morgan fingerprint density at radius 3 is 2.76 bits per heavy atom. The lowest BCUT2D eigenvalue weighted by molar-refractivity contribution is -0.121. The van der Waals surface area contributed by atoms with Gasteiger partial charge >= 0.3 is 0 Å². The highest BCUT2D eigenvalue weighted by Gasteiger charge is 2.08. The third kappa shape index (κ3) is 6.74. The van der Waals surface area contributed by atoms with Gasteiger partial charge in [-0.2, -0.15) is 0 Å². The molecule has 1 aromatic carbocycles. The van der Waals surface area contributed by atoms with E-state index in [0.717, 1.165) is 53.5 Å². The number of allylic oxidation sites excluding steroid dienone is 1. The molecule has 156 valence electrons. The van der Waals surface area contributed by atoms with Crippen LogP contribution in [0.15, 0.2) is 36.9 Å². The lowest BCUT2D eigenvalue weighted by Gasteiger charge is -2.13. The number of pyridine rings is 1. The Balaban J connectivity index is 1.87. The average Bonchev–Trinajstić information content (AvgIpc) is 2.66. The summed E-state index contributed by atoms with van der Waals surface area (Å²) in [4.78, 5) is 16.5. The molecule has 0 aliphatic carbocycles. The van der Waals surface area contributed by atoms with Crippen molar-refractivity contribution in [2.75, 3.05) is 5.73 Å². The molecule has 0 aliphatic heterocycles. The molecular weight excluding hydrogens is 358 g/mol. The molecule has 2 aromatic rings. The molecule has 29 heavy (non-hydrogen) atoms. The van der Waals surface area contributed by atoms with Crippen LogP contribution in [0.1, 0.15) is 62.8 Å². The maximum atomic E-state index is 12.0. The average molecular weight is 394 g/mol. The number of anilines is 1. The zero-order valence-electron chi connectivity index (χ0n) is 18.3. The van der Waals surface area contributed by atoms with Gasteiger partial charge in [-0.05, 0) is 74.8 Å². The number of carbonyl (C=O) groups excluding carboxylic acids is 1. The van der Waals surface area contributed by atoms with Gasteiger partial charge < -0.3 is 11.1 Å². The molecule has 0 radical (unpaired) electrons. The smallest absolute Gasteiger partial charge is 0.220 e. The molecule has 1 aromatic heterocycles. The first-order valence-corrected chi connectivity index (χ1v) is 10.6. The van der Waals surface area contributed by atoms with E-state index < -0.39 is 0 Å². The summed E-state index contributed by atoms with van der Waals surface area (Å²) in [6.07, 6.45) is 10.4. The van der Waals surface area contributed by atoms with Crippen molar-refractivity contribution in [1.82, 2.24) is 10.3 Å². The molecule has 2 atom stereocenters. The molecule has 0 saturated heterocycles. The number of hydrogen-bond acceptors (Lipinski definition) is 3. The molecule has 0 bridgehead atoms. The maximum Gasteiger partial charge on any atom is 0.220 e. The summed E-state index contributed by atoms with van der Waals surface area (Å²) in [5, 5.41) is 4.14. The second-order valence-electron chi connectivity index (χ2n) is 8.03. The second kappa shape index (κ2) is 10.8. The normalized spacial score (nSPS) is 13.5. The molecule has 0 fully saturated rings. The first-order valence-electron chi connectivity index (χ1n) is 10.6. The Morgan fingerprint density at radius 1 is 1.31 bits per heavy atom. The summed E-state index contributed by atoms with van der Waals surface area (Å²) in [5.41, 5.74) is 11.2. The van der Waals surface area contributed by atoms with Gasteiger partial charge in [0, 0.05) is 29.2 Å². The molecule has 1 heterocycles. The van der Waals surface area contributed by atoms with Crippen molar-refractivity contribution in [2.24, 2.45) is 5.92 Å². The molecule has 4 nitrogen and oxygen atoms in total. The summed E-state index contributed by atoms with van der Waals surface area (Å²) < 4.78 is 0. The quantitative estimate of drug-likeness (QED) is 0.400. The van der Waals surface area contributed by atoms with Gasteiger partial charge in [0.1, 0.15) is 0 Å². The second-order valence-corrected chi connectivity index (χ2v) is 8.03. The summed E-state index contributed by atoms with van der Waals surface area (Å²) in [6, 6.07) is 6.27. The van der Waals surface area contributed by atoms with Gasteiger partial charge in [0.25, 0.3) is 0 Å². The van der Waals surface area contributed by atoms with E-state index >= 15 is 0 Å². The van der Waals surface area contributed by atoms with Crippen LogP contribution < -0.4 is 11.1 Å². The van der Waals surface area contributed by atoms with Crippen LogP contribution in [0.3, 0.4) is 0 Å². The number of hydrogen-bond donors (Lipinski definition) is 2. The van der Waals surface area contributed by atoms with Gasteiger partial charge in [0.2, 0.25) is 5.91 Å². The van der Waals surface area contributed by atoms with Gasteiger partial charge in [-0.15, -0.1) is 6.58 Å². The van der Waals surface area contributed by atoms with Crippen molar-refractivity contribution in [2.45, 2.75) is 65.8 Å². The number of amides is 1. The van der Waals surface area contributed by atoms with E-state index in [4.69, 9.17) is 5.73 Å². The fourth-order valence-corrected chi connectivity index (χ4v) is 3.55. The Kier molecular flexibility index (Phi) is 8.44. The van der Waals surface area contributed by atoms with Crippen molar-refractivity contribution in [1.29, 1.82) is 0 Å². The van der Waals surface area contributed by atoms with Gasteiger partial charge in [0.05, 0.1) is 5.52 Å². The van der Waals surface area contributed by atoms with Crippen LogP contribution in [0.5, 0.6) is 0 Å². The van der Waals surface area contributed by atoms with E-state index in [1.165, 1.54) is 5.56 Å². The molecule has 3 N–H and O–H groups in total. The highest BCUT2D eigenvalue weighted by molar-refractivity contribution is 5.89. The standard InChI is InChI=1S/C25H35N3O/c1-6-21(7-2)28-25(29)13-9-11-17(3)10-8-12-20-15-22-18(4)14-19(5)27-24(22)16-23(20)26/h6,8,12,14-17,21H,1,7,9-11,13,26H2,2-5H3,(H,28,29)/b12-8+. The van der Waals surface area contributed by atoms with Crippen LogP contribution in [0.25, 0.3) is 17.0 Å². The van der Waals surface area contributed by atoms with Gasteiger partial charge in [-0.25, -0.2) is 0 Å². The van der Waals surface area contributed by atoms with Crippen molar-refractivity contribution < 1.29 is 4.79 Å². The molecule has 1 amide bonds. The number of aromatic nitrogens is 1. The van der Waals surface area contributed by atoms with Gasteiger partial charge in [-0.1, -0.05) is 32.1 Å². The highest BCUT2D eigenvalue weighted by atomic mass is 16.1. The SMILES string of the molecule is C=CC(CC)NC(=O)CCCC(C)C/C=C/c1cc2c(C)cc(C)nc2cc1N. The lowest BCUT2D eigenvalue weighted by atomic mass is 9.98. The van der Waals surface area contributed by atoms with Crippen LogP contribution in [0.2, 0.25) is 0 Å². The molecule has 2 unspecified atom stereocenters. The number of carbonyl (C=O) groups is 1. The zero-order valence-corrected chi connectivity index (χ0v) is 18.3. The highest BCUT2D eigenvalue weighted by Crippen LogP contribution is 2.25. The molecule has 0 saturated carbocycles. The third-order valence-corrected chi connectivity index (χ3v) is 5.36. The summed E-state index contributed by atoms with van der Waals surface area (Å²) in [7, 11) is 0. The Bertz CT molecular complexity index is 885. The van der Waals surface area contributed by atoms with Gasteiger partial charge in [-0.3, -0.25) is 9.78 Å². The monoisotopic (exact) mass is 393 g/mol. The number of rotatable bonds is 10. The van der Waals surface area contributed by atoms with Crippen molar-refractivity contribution >= 4 is 28.6 Å². The number of benzene rings is 1. The van der Waals surface area contributed by atoms with E-state index in [-0.39, 0.29) is 11.9 Å². The number of nitrogen functional groups attached to an aromatic ring is 1. The molecule has 4 heteroatoms. The molecular formula is C25H35N3O. The largest absolute Gasteiger partial charge is 0.398 e. The van der Waals surface area contributed by atoms with E-state index in [0.29, 0.717) is 12.3 Å². The molecule has 0 aliphatic rings. The van der Waals surface area contributed by atoms with Crippen molar-refractivity contribution in [3.05, 3.63) is 53.8 Å². The number of fused-ring (bicyclic) bond motifs is 1. The fraction of sp³-hybridized carbons (Fsp3) is 0.440. The van der Waals surface area contributed by atoms with Crippen LogP contribution >= 0.6 is 0 Å². The first kappa shape index (κ1) is 22.7. The Morgan fingerprint density at radius 2 is 2.07 bits per heavy atom. The van der Waals surface area contributed by atoms with Gasteiger partial charge in [0.15, 0.2) is 0 Å². The number of nitrogens with zero attached hydrogens (tertiary/aromatic N) is 1. The lowest BCUT2D eigenvalue weighted by Crippen LogP contribution is -2.32. The van der Waals surface area contributed by atoms with E-state index in [9.17, 15) is 4.79 Å². The first-order chi connectivity index (χ1) is 13.8. The summed E-state index contributed by atoms with van der Waals surface area (Å²) >= 11 is 0. The Hall–Kier alpha value is -2.62. The van der Waals surface area contributed by atoms with Crippen LogP contribution in [0.4, 0.5) is 5.69 Å². The third-order valence-electron chi connectivity index (χ3n) is 5.36. The van der Waals surface area contributed by atoms with Crippen molar-refractivity contribution in [3.8, 4) is 0 Å². The Labute approximate surface area is 175 Å². The minimum atomic E-state index is 0.0815.